The molecule has 0 heterocycles. The van der Waals surface area contributed by atoms with E-state index in [-0.39, 0.29) is 6.61 Å². The Balaban J connectivity index is 2.11. The molecule has 1 atom stereocenters. The summed E-state index contributed by atoms with van der Waals surface area (Å²) in [5.74, 6) is 2.60. The van der Waals surface area contributed by atoms with Gasteiger partial charge in [0.2, 0.25) is 0 Å². The average Bonchev–Trinajstić information content (AvgIpc) is 2.49. The zero-order chi connectivity index (χ0) is 14.6. The van der Waals surface area contributed by atoms with Gasteiger partial charge in [-0.3, -0.25) is 0 Å². The number of thioether (sulfide) groups is 1. The van der Waals surface area contributed by atoms with E-state index < -0.39 is 6.10 Å². The van der Waals surface area contributed by atoms with Gasteiger partial charge in [0.25, 0.3) is 0 Å². The van der Waals surface area contributed by atoms with Crippen LogP contribution in [0.2, 0.25) is 0 Å². The first-order valence-corrected chi connectivity index (χ1v) is 7.62. The number of nitriles is 1. The molecule has 20 heavy (non-hydrogen) atoms. The van der Waals surface area contributed by atoms with E-state index in [0.717, 1.165) is 18.1 Å². The van der Waals surface area contributed by atoms with E-state index in [9.17, 15) is 5.11 Å². The summed E-state index contributed by atoms with van der Waals surface area (Å²) in [6.45, 7) is 5.25. The Morgan fingerprint density at radius 2 is 2.20 bits per heavy atom. The van der Waals surface area contributed by atoms with Crippen LogP contribution in [0.3, 0.4) is 0 Å². The van der Waals surface area contributed by atoms with E-state index in [0.29, 0.717) is 17.9 Å². The van der Waals surface area contributed by atoms with Gasteiger partial charge in [-0.2, -0.15) is 17.0 Å². The van der Waals surface area contributed by atoms with Crippen LogP contribution in [0.25, 0.3) is 0 Å². The minimum absolute atomic E-state index is 0.235. The van der Waals surface area contributed by atoms with E-state index in [4.69, 9.17) is 10.00 Å². The molecule has 1 unspecified atom stereocenters. The number of nitrogens with zero attached hydrogens (tertiary/aromatic N) is 1. The van der Waals surface area contributed by atoms with Gasteiger partial charge < -0.3 is 15.2 Å². The molecule has 0 amide bonds. The summed E-state index contributed by atoms with van der Waals surface area (Å²) < 4.78 is 5.44. The van der Waals surface area contributed by atoms with Gasteiger partial charge in [-0.15, -0.1) is 6.58 Å². The monoisotopic (exact) mass is 292 g/mol. The summed E-state index contributed by atoms with van der Waals surface area (Å²) in [5.41, 5.74) is 0.594. The van der Waals surface area contributed by atoms with Gasteiger partial charge in [0.15, 0.2) is 0 Å². The highest BCUT2D eigenvalue weighted by molar-refractivity contribution is 7.99. The molecule has 0 aliphatic heterocycles. The first kappa shape index (κ1) is 16.6. The number of aliphatic hydroxyl groups is 1. The van der Waals surface area contributed by atoms with E-state index in [1.54, 1.807) is 36.0 Å². The van der Waals surface area contributed by atoms with Gasteiger partial charge in [0.1, 0.15) is 18.5 Å². The molecule has 0 aliphatic carbocycles. The Kier molecular flexibility index (Phi) is 8.56. The molecule has 5 heteroatoms. The summed E-state index contributed by atoms with van der Waals surface area (Å²) in [5, 5.41) is 21.6. The summed E-state index contributed by atoms with van der Waals surface area (Å²) in [6.07, 6.45) is 1.33. The lowest BCUT2D eigenvalue weighted by Crippen LogP contribution is -2.32. The van der Waals surface area contributed by atoms with Gasteiger partial charge in [0.05, 0.1) is 11.6 Å². The predicted molar refractivity (Wildman–Crippen MR) is 83.1 cm³/mol. The molecule has 0 spiro atoms. The Bertz CT molecular complexity index is 428. The number of benzene rings is 1. The van der Waals surface area contributed by atoms with Crippen LogP contribution in [-0.4, -0.2) is 42.4 Å². The van der Waals surface area contributed by atoms with Crippen LogP contribution in [-0.2, 0) is 0 Å². The highest BCUT2D eigenvalue weighted by Gasteiger charge is 2.04. The topological polar surface area (TPSA) is 65.3 Å². The first-order valence-electron chi connectivity index (χ1n) is 6.46. The van der Waals surface area contributed by atoms with E-state index in [2.05, 4.69) is 11.9 Å². The number of aliphatic hydroxyl groups excluding tert-OH is 1. The maximum absolute atomic E-state index is 9.75. The zero-order valence-electron chi connectivity index (χ0n) is 11.4. The molecule has 0 fully saturated rings. The summed E-state index contributed by atoms with van der Waals surface area (Å²) in [4.78, 5) is 0. The summed E-state index contributed by atoms with van der Waals surface area (Å²) in [7, 11) is 0. The molecule has 1 aromatic rings. The lowest BCUT2D eigenvalue weighted by Gasteiger charge is -2.13. The molecule has 1 rings (SSSR count). The van der Waals surface area contributed by atoms with Gasteiger partial charge in [0, 0.05) is 24.6 Å². The fourth-order valence-electron chi connectivity index (χ4n) is 1.46. The number of rotatable bonds is 10. The van der Waals surface area contributed by atoms with Gasteiger partial charge in [-0.1, -0.05) is 6.08 Å². The van der Waals surface area contributed by atoms with Crippen molar-refractivity contribution in [2.24, 2.45) is 0 Å². The van der Waals surface area contributed by atoms with E-state index in [1.165, 1.54) is 0 Å². The van der Waals surface area contributed by atoms with E-state index in [1.807, 2.05) is 12.1 Å². The molecule has 0 bridgehead atoms. The normalized spacial score (nSPS) is 11.6. The van der Waals surface area contributed by atoms with Gasteiger partial charge in [-0.05, 0) is 24.3 Å². The van der Waals surface area contributed by atoms with Crippen molar-refractivity contribution in [1.82, 2.24) is 5.32 Å². The molecule has 2 N–H and O–H groups in total. The van der Waals surface area contributed by atoms with Crippen molar-refractivity contribution >= 4 is 11.8 Å². The lowest BCUT2D eigenvalue weighted by molar-refractivity contribution is 0.107. The highest BCUT2D eigenvalue weighted by atomic mass is 32.2. The lowest BCUT2D eigenvalue weighted by atomic mass is 10.2. The molecule has 1 aromatic carbocycles. The highest BCUT2D eigenvalue weighted by Crippen LogP contribution is 2.11. The summed E-state index contributed by atoms with van der Waals surface area (Å²) >= 11 is 1.80. The number of nitrogens with one attached hydrogen (secondary N) is 1. The number of ether oxygens (including phenoxy) is 1. The van der Waals surface area contributed by atoms with Crippen molar-refractivity contribution in [3.63, 3.8) is 0 Å². The van der Waals surface area contributed by atoms with Crippen LogP contribution in [0.15, 0.2) is 36.9 Å². The molecular formula is C15H20N2O2S. The van der Waals surface area contributed by atoms with Crippen molar-refractivity contribution in [1.29, 1.82) is 5.26 Å². The van der Waals surface area contributed by atoms with Crippen LogP contribution >= 0.6 is 11.8 Å². The second-order valence-electron chi connectivity index (χ2n) is 4.17. The van der Waals surface area contributed by atoms with Crippen molar-refractivity contribution < 1.29 is 9.84 Å². The van der Waals surface area contributed by atoms with Crippen LogP contribution in [0.5, 0.6) is 5.75 Å². The minimum atomic E-state index is -0.546. The Morgan fingerprint density at radius 3 is 2.85 bits per heavy atom. The zero-order valence-corrected chi connectivity index (χ0v) is 12.2. The molecule has 108 valence electrons. The largest absolute Gasteiger partial charge is 0.491 e. The first-order chi connectivity index (χ1) is 9.76. The fraction of sp³-hybridized carbons (Fsp3) is 0.400. The van der Waals surface area contributed by atoms with Gasteiger partial charge in [-0.25, -0.2) is 0 Å². The molecule has 4 nitrogen and oxygen atoms in total. The Morgan fingerprint density at radius 1 is 1.45 bits per heavy atom. The molecule has 0 saturated heterocycles. The van der Waals surface area contributed by atoms with Crippen molar-refractivity contribution in [2.45, 2.75) is 6.10 Å². The predicted octanol–water partition coefficient (Wildman–Crippen LogP) is 1.81. The molecule has 0 saturated carbocycles. The standard InChI is InChI=1S/C15H20N2O2S/c1-2-8-20-9-7-17-11-14(18)12-19-15-5-3-13(10-16)4-6-15/h2-6,14,17-18H,1,7-9,11-12H2. The third kappa shape index (κ3) is 7.19. The maximum Gasteiger partial charge on any atom is 0.119 e. The van der Waals surface area contributed by atoms with Crippen molar-refractivity contribution in [2.75, 3.05) is 31.2 Å². The van der Waals surface area contributed by atoms with Crippen LogP contribution in [0.1, 0.15) is 5.56 Å². The third-order valence-electron chi connectivity index (χ3n) is 2.46. The Hall–Kier alpha value is -1.48. The van der Waals surface area contributed by atoms with Crippen LogP contribution in [0.4, 0.5) is 0 Å². The molecule has 0 aromatic heterocycles. The quantitative estimate of drug-likeness (QED) is 0.508. The second kappa shape index (κ2) is 10.3. The maximum atomic E-state index is 9.75. The smallest absolute Gasteiger partial charge is 0.119 e. The molecule has 0 aliphatic rings. The van der Waals surface area contributed by atoms with Crippen LogP contribution in [0, 0.1) is 11.3 Å². The van der Waals surface area contributed by atoms with Crippen molar-refractivity contribution in [3.05, 3.63) is 42.5 Å². The minimum Gasteiger partial charge on any atom is -0.491 e. The van der Waals surface area contributed by atoms with Crippen LogP contribution < -0.4 is 10.1 Å². The number of hydrogen-bond acceptors (Lipinski definition) is 5. The second-order valence-corrected chi connectivity index (χ2v) is 5.32. The van der Waals surface area contributed by atoms with Gasteiger partial charge >= 0.3 is 0 Å². The summed E-state index contributed by atoms with van der Waals surface area (Å²) in [6, 6.07) is 8.88. The number of hydrogen-bond donors (Lipinski definition) is 2. The van der Waals surface area contributed by atoms with E-state index >= 15 is 0 Å². The van der Waals surface area contributed by atoms with Crippen molar-refractivity contribution in [3.8, 4) is 11.8 Å². The fourth-order valence-corrected chi connectivity index (χ4v) is 2.08. The average molecular weight is 292 g/mol. The Labute approximate surface area is 124 Å². The molecule has 0 radical (unpaired) electrons. The molecular weight excluding hydrogens is 272 g/mol. The third-order valence-corrected chi connectivity index (χ3v) is 3.43. The SMILES string of the molecule is C=CCSCCNCC(O)COc1ccc(C#N)cc1.